The SMILES string of the molecule is CCNCc1oc(CN2CCCC2C2CCCC2)cc1C. The summed E-state index contributed by atoms with van der Waals surface area (Å²) >= 11 is 0. The van der Waals surface area contributed by atoms with Crippen LogP contribution >= 0.6 is 0 Å². The van der Waals surface area contributed by atoms with Crippen LogP contribution in [-0.4, -0.2) is 24.0 Å². The highest BCUT2D eigenvalue weighted by Crippen LogP contribution is 2.36. The highest BCUT2D eigenvalue weighted by molar-refractivity contribution is 5.20. The second-order valence-electron chi connectivity index (χ2n) is 6.82. The van der Waals surface area contributed by atoms with E-state index in [9.17, 15) is 0 Å². The fraction of sp³-hybridized carbons (Fsp3) is 0.778. The molecule has 2 heterocycles. The number of hydrogen-bond acceptors (Lipinski definition) is 3. The van der Waals surface area contributed by atoms with Gasteiger partial charge < -0.3 is 9.73 Å². The molecule has 1 atom stereocenters. The van der Waals surface area contributed by atoms with Gasteiger partial charge in [-0.1, -0.05) is 19.8 Å². The molecule has 21 heavy (non-hydrogen) atoms. The summed E-state index contributed by atoms with van der Waals surface area (Å²) < 4.78 is 6.09. The van der Waals surface area contributed by atoms with Gasteiger partial charge in [-0.3, -0.25) is 4.90 Å². The molecule has 2 aliphatic rings. The van der Waals surface area contributed by atoms with Crippen LogP contribution in [0, 0.1) is 12.8 Å². The lowest BCUT2D eigenvalue weighted by molar-refractivity contribution is 0.170. The largest absolute Gasteiger partial charge is 0.463 e. The van der Waals surface area contributed by atoms with E-state index in [2.05, 4.69) is 30.1 Å². The Morgan fingerprint density at radius 3 is 2.81 bits per heavy atom. The molecule has 1 aliphatic heterocycles. The summed E-state index contributed by atoms with van der Waals surface area (Å²) in [6.07, 6.45) is 8.55. The van der Waals surface area contributed by atoms with E-state index < -0.39 is 0 Å². The molecule has 2 fully saturated rings. The van der Waals surface area contributed by atoms with Gasteiger partial charge in [0.1, 0.15) is 11.5 Å². The van der Waals surface area contributed by atoms with Crippen molar-refractivity contribution < 1.29 is 4.42 Å². The first-order valence-corrected chi connectivity index (χ1v) is 8.81. The van der Waals surface area contributed by atoms with Crippen molar-refractivity contribution in [3.05, 3.63) is 23.2 Å². The van der Waals surface area contributed by atoms with Gasteiger partial charge in [-0.25, -0.2) is 0 Å². The number of nitrogens with one attached hydrogen (secondary N) is 1. The van der Waals surface area contributed by atoms with E-state index in [4.69, 9.17) is 4.42 Å². The molecule has 1 saturated carbocycles. The molecule has 3 rings (SSSR count). The van der Waals surface area contributed by atoms with Crippen LogP contribution in [0.4, 0.5) is 0 Å². The standard InChI is InChI=1S/C18H30N2O/c1-3-19-12-18-14(2)11-16(21-18)13-20-10-6-9-17(20)15-7-4-5-8-15/h11,15,17,19H,3-10,12-13H2,1-2H3. The Labute approximate surface area is 129 Å². The Morgan fingerprint density at radius 1 is 1.24 bits per heavy atom. The van der Waals surface area contributed by atoms with Gasteiger partial charge in [0, 0.05) is 6.04 Å². The Bertz CT molecular complexity index is 448. The number of rotatable bonds is 6. The van der Waals surface area contributed by atoms with Crippen molar-refractivity contribution in [3.8, 4) is 0 Å². The highest BCUT2D eigenvalue weighted by Gasteiger charge is 2.33. The summed E-state index contributed by atoms with van der Waals surface area (Å²) in [5.74, 6) is 3.22. The van der Waals surface area contributed by atoms with Crippen LogP contribution in [0.1, 0.15) is 62.5 Å². The van der Waals surface area contributed by atoms with Gasteiger partial charge in [0.05, 0.1) is 13.1 Å². The molecule has 0 bridgehead atoms. The zero-order valence-corrected chi connectivity index (χ0v) is 13.7. The van der Waals surface area contributed by atoms with Gasteiger partial charge in [-0.05, 0) is 63.2 Å². The van der Waals surface area contributed by atoms with Crippen LogP contribution in [0.25, 0.3) is 0 Å². The Balaban J connectivity index is 1.62. The summed E-state index contributed by atoms with van der Waals surface area (Å²) in [6.45, 7) is 8.41. The molecule has 0 spiro atoms. The number of furan rings is 1. The molecule has 0 amide bonds. The quantitative estimate of drug-likeness (QED) is 0.862. The first-order valence-electron chi connectivity index (χ1n) is 8.81. The fourth-order valence-corrected chi connectivity index (χ4v) is 4.21. The van der Waals surface area contributed by atoms with Crippen LogP contribution in [0.5, 0.6) is 0 Å². The van der Waals surface area contributed by atoms with Gasteiger partial charge in [-0.15, -0.1) is 0 Å². The molecule has 3 heteroatoms. The molecule has 1 N–H and O–H groups in total. The van der Waals surface area contributed by atoms with Gasteiger partial charge in [0.2, 0.25) is 0 Å². The minimum atomic E-state index is 0.815. The third-order valence-electron chi connectivity index (χ3n) is 5.32. The maximum absolute atomic E-state index is 6.09. The van der Waals surface area contributed by atoms with Crippen LogP contribution in [0.15, 0.2) is 10.5 Å². The Kier molecular flexibility index (Phi) is 5.02. The van der Waals surface area contributed by atoms with E-state index >= 15 is 0 Å². The molecular formula is C18H30N2O. The zero-order chi connectivity index (χ0) is 14.7. The van der Waals surface area contributed by atoms with E-state index in [1.54, 1.807) is 0 Å². The van der Waals surface area contributed by atoms with E-state index in [0.717, 1.165) is 43.1 Å². The number of likely N-dealkylation sites (tertiary alicyclic amines) is 1. The number of hydrogen-bond donors (Lipinski definition) is 1. The molecule has 1 unspecified atom stereocenters. The molecule has 0 radical (unpaired) electrons. The number of nitrogens with zero attached hydrogens (tertiary/aromatic N) is 1. The predicted octanol–water partition coefficient (Wildman–Crippen LogP) is 3.85. The van der Waals surface area contributed by atoms with Crippen LogP contribution in [-0.2, 0) is 13.1 Å². The molecular weight excluding hydrogens is 260 g/mol. The van der Waals surface area contributed by atoms with Crippen LogP contribution in [0.2, 0.25) is 0 Å². The van der Waals surface area contributed by atoms with Crippen molar-refractivity contribution >= 4 is 0 Å². The third-order valence-corrected chi connectivity index (χ3v) is 5.32. The van der Waals surface area contributed by atoms with Crippen molar-refractivity contribution in [1.29, 1.82) is 0 Å². The molecule has 1 aromatic heterocycles. The van der Waals surface area contributed by atoms with Gasteiger partial charge in [-0.2, -0.15) is 0 Å². The fourth-order valence-electron chi connectivity index (χ4n) is 4.21. The molecule has 118 valence electrons. The van der Waals surface area contributed by atoms with Crippen molar-refractivity contribution in [2.45, 2.75) is 71.5 Å². The number of aryl methyl sites for hydroxylation is 1. The summed E-state index contributed by atoms with van der Waals surface area (Å²) in [4.78, 5) is 2.69. The topological polar surface area (TPSA) is 28.4 Å². The lowest BCUT2D eigenvalue weighted by Crippen LogP contribution is -2.34. The Morgan fingerprint density at radius 2 is 2.05 bits per heavy atom. The maximum Gasteiger partial charge on any atom is 0.120 e. The normalized spacial score (nSPS) is 24.2. The van der Waals surface area contributed by atoms with Crippen molar-refractivity contribution in [1.82, 2.24) is 10.2 Å². The zero-order valence-electron chi connectivity index (χ0n) is 13.7. The first kappa shape index (κ1) is 15.1. The van der Waals surface area contributed by atoms with E-state index in [1.165, 1.54) is 50.6 Å². The molecule has 1 saturated heterocycles. The third kappa shape index (κ3) is 3.51. The van der Waals surface area contributed by atoms with E-state index in [-0.39, 0.29) is 0 Å². The average molecular weight is 290 g/mol. The van der Waals surface area contributed by atoms with Crippen LogP contribution < -0.4 is 5.32 Å². The lowest BCUT2D eigenvalue weighted by atomic mass is 9.96. The first-order chi connectivity index (χ1) is 10.3. The van der Waals surface area contributed by atoms with Crippen molar-refractivity contribution in [2.24, 2.45) is 5.92 Å². The summed E-state index contributed by atoms with van der Waals surface area (Å²) in [5, 5.41) is 3.36. The van der Waals surface area contributed by atoms with Gasteiger partial charge in [0.25, 0.3) is 0 Å². The molecule has 0 aromatic carbocycles. The van der Waals surface area contributed by atoms with Crippen molar-refractivity contribution in [2.75, 3.05) is 13.1 Å². The smallest absolute Gasteiger partial charge is 0.120 e. The maximum atomic E-state index is 6.09. The summed E-state index contributed by atoms with van der Waals surface area (Å²) in [5.41, 5.74) is 1.29. The molecule has 1 aliphatic carbocycles. The van der Waals surface area contributed by atoms with E-state index in [1.807, 2.05) is 0 Å². The predicted molar refractivity (Wildman–Crippen MR) is 86.2 cm³/mol. The van der Waals surface area contributed by atoms with Crippen LogP contribution in [0.3, 0.4) is 0 Å². The van der Waals surface area contributed by atoms with Crippen molar-refractivity contribution in [3.63, 3.8) is 0 Å². The van der Waals surface area contributed by atoms with Gasteiger partial charge in [0.15, 0.2) is 0 Å². The summed E-state index contributed by atoms with van der Waals surface area (Å²) in [7, 11) is 0. The summed E-state index contributed by atoms with van der Waals surface area (Å²) in [6, 6.07) is 3.06. The lowest BCUT2D eigenvalue weighted by Gasteiger charge is -2.28. The highest BCUT2D eigenvalue weighted by atomic mass is 16.3. The molecule has 3 nitrogen and oxygen atoms in total. The molecule has 1 aromatic rings. The second-order valence-corrected chi connectivity index (χ2v) is 6.82. The van der Waals surface area contributed by atoms with E-state index in [0.29, 0.717) is 0 Å². The van der Waals surface area contributed by atoms with Gasteiger partial charge >= 0.3 is 0 Å². The minimum Gasteiger partial charge on any atom is -0.463 e. The Hall–Kier alpha value is -0.800. The second kappa shape index (κ2) is 6.97. The average Bonchev–Trinajstić information content (AvgIpc) is 3.18. The minimum absolute atomic E-state index is 0.815. The monoisotopic (exact) mass is 290 g/mol.